The lowest BCUT2D eigenvalue weighted by Gasteiger charge is -2.30. The average Bonchev–Trinajstić information content (AvgIpc) is 2.54. The summed E-state index contributed by atoms with van der Waals surface area (Å²) in [7, 11) is 4.02. The zero-order chi connectivity index (χ0) is 16.7. The second-order valence-electron chi connectivity index (χ2n) is 6.69. The maximum Gasteiger partial charge on any atom is 0.321 e. The number of carbonyl (C=O) groups is 1. The Kier molecular flexibility index (Phi) is 6.84. The summed E-state index contributed by atoms with van der Waals surface area (Å²) in [6, 6.07) is 5.82. The van der Waals surface area contributed by atoms with Crippen molar-refractivity contribution in [2.75, 3.05) is 39.0 Å². The fourth-order valence-corrected chi connectivity index (χ4v) is 3.01. The van der Waals surface area contributed by atoms with Crippen molar-refractivity contribution in [3.05, 3.63) is 30.1 Å². The SMILES string of the molecule is CN(C)CCN(CC1CCCCC1)C(=O)Nc1ccc(F)cc1. The smallest absolute Gasteiger partial charge is 0.321 e. The molecule has 23 heavy (non-hydrogen) atoms. The molecule has 0 spiro atoms. The Balaban J connectivity index is 1.95. The van der Waals surface area contributed by atoms with Crippen molar-refractivity contribution in [3.63, 3.8) is 0 Å². The molecule has 0 unspecified atom stereocenters. The van der Waals surface area contributed by atoms with Crippen LogP contribution in [0.2, 0.25) is 0 Å². The maximum absolute atomic E-state index is 13.0. The summed E-state index contributed by atoms with van der Waals surface area (Å²) < 4.78 is 13.0. The van der Waals surface area contributed by atoms with Crippen molar-refractivity contribution in [3.8, 4) is 0 Å². The molecule has 0 atom stereocenters. The van der Waals surface area contributed by atoms with E-state index in [1.54, 1.807) is 12.1 Å². The first-order valence-corrected chi connectivity index (χ1v) is 8.51. The monoisotopic (exact) mass is 321 g/mol. The highest BCUT2D eigenvalue weighted by Gasteiger charge is 2.21. The molecule has 2 amide bonds. The predicted octanol–water partition coefficient (Wildman–Crippen LogP) is 3.80. The molecular formula is C18H28FN3O. The van der Waals surface area contributed by atoms with Crippen molar-refractivity contribution in [2.45, 2.75) is 32.1 Å². The molecule has 5 heteroatoms. The van der Waals surface area contributed by atoms with Gasteiger partial charge in [-0.15, -0.1) is 0 Å². The van der Waals surface area contributed by atoms with Gasteiger partial charge in [0.25, 0.3) is 0 Å². The predicted molar refractivity (Wildman–Crippen MR) is 92.1 cm³/mol. The highest BCUT2D eigenvalue weighted by atomic mass is 19.1. The fourth-order valence-electron chi connectivity index (χ4n) is 3.01. The number of rotatable bonds is 6. The van der Waals surface area contributed by atoms with Gasteiger partial charge in [-0.3, -0.25) is 0 Å². The number of nitrogens with one attached hydrogen (secondary N) is 1. The van der Waals surface area contributed by atoms with Gasteiger partial charge in [0.15, 0.2) is 0 Å². The van der Waals surface area contributed by atoms with Gasteiger partial charge in [-0.25, -0.2) is 9.18 Å². The number of nitrogens with zero attached hydrogens (tertiary/aromatic N) is 2. The van der Waals surface area contributed by atoms with E-state index in [2.05, 4.69) is 10.2 Å². The van der Waals surface area contributed by atoms with Crippen LogP contribution < -0.4 is 5.32 Å². The van der Waals surface area contributed by atoms with Crippen molar-refractivity contribution in [2.24, 2.45) is 5.92 Å². The molecule has 0 aromatic heterocycles. The van der Waals surface area contributed by atoms with E-state index in [-0.39, 0.29) is 11.8 Å². The van der Waals surface area contributed by atoms with Crippen molar-refractivity contribution >= 4 is 11.7 Å². The van der Waals surface area contributed by atoms with Crippen LogP contribution in [0.5, 0.6) is 0 Å². The van der Waals surface area contributed by atoms with Gasteiger partial charge in [-0.05, 0) is 57.1 Å². The molecular weight excluding hydrogens is 293 g/mol. The van der Waals surface area contributed by atoms with Gasteiger partial charge in [0, 0.05) is 25.3 Å². The van der Waals surface area contributed by atoms with E-state index >= 15 is 0 Å². The largest absolute Gasteiger partial charge is 0.323 e. The van der Waals surface area contributed by atoms with E-state index in [9.17, 15) is 9.18 Å². The molecule has 128 valence electrons. The van der Waals surface area contributed by atoms with Crippen LogP contribution in [0.4, 0.5) is 14.9 Å². The molecule has 2 rings (SSSR count). The van der Waals surface area contributed by atoms with Gasteiger partial charge in [0.2, 0.25) is 0 Å². The van der Waals surface area contributed by atoms with E-state index < -0.39 is 0 Å². The van der Waals surface area contributed by atoms with Crippen LogP contribution in [0.15, 0.2) is 24.3 Å². The maximum atomic E-state index is 13.0. The molecule has 0 heterocycles. The van der Waals surface area contributed by atoms with Gasteiger partial charge in [-0.2, -0.15) is 0 Å². The van der Waals surface area contributed by atoms with E-state index in [1.807, 2.05) is 19.0 Å². The summed E-state index contributed by atoms with van der Waals surface area (Å²) in [5, 5.41) is 2.88. The minimum Gasteiger partial charge on any atom is -0.323 e. The average molecular weight is 321 g/mol. The summed E-state index contributed by atoms with van der Waals surface area (Å²) in [6.07, 6.45) is 6.28. The lowest BCUT2D eigenvalue weighted by molar-refractivity contribution is 0.183. The van der Waals surface area contributed by atoms with Gasteiger partial charge in [0.05, 0.1) is 0 Å². The molecule has 0 saturated heterocycles. The molecule has 0 radical (unpaired) electrons. The second kappa shape index (κ2) is 8.87. The highest BCUT2D eigenvalue weighted by molar-refractivity contribution is 5.89. The molecule has 1 saturated carbocycles. The number of hydrogen-bond donors (Lipinski definition) is 1. The standard InChI is InChI=1S/C18H28FN3O/c1-21(2)12-13-22(14-15-6-4-3-5-7-15)18(23)20-17-10-8-16(19)9-11-17/h8-11,15H,3-7,12-14H2,1-2H3,(H,20,23). The van der Waals surface area contributed by atoms with Gasteiger partial charge in [0.1, 0.15) is 5.82 Å². The minimum atomic E-state index is -0.297. The summed E-state index contributed by atoms with van der Waals surface area (Å²) in [4.78, 5) is 16.6. The van der Waals surface area contributed by atoms with Gasteiger partial charge in [-0.1, -0.05) is 19.3 Å². The number of likely N-dealkylation sites (N-methyl/N-ethyl adjacent to an activating group) is 1. The first kappa shape index (κ1) is 17.7. The fraction of sp³-hybridized carbons (Fsp3) is 0.611. The quantitative estimate of drug-likeness (QED) is 0.865. The molecule has 4 nitrogen and oxygen atoms in total. The Morgan fingerprint density at radius 2 is 1.78 bits per heavy atom. The number of amides is 2. The summed E-state index contributed by atoms with van der Waals surface area (Å²) in [5.41, 5.74) is 0.634. The molecule has 1 aromatic rings. The van der Waals surface area contributed by atoms with Crippen LogP contribution in [0.3, 0.4) is 0 Å². The summed E-state index contributed by atoms with van der Waals surface area (Å²) in [5.74, 6) is 0.305. The summed E-state index contributed by atoms with van der Waals surface area (Å²) >= 11 is 0. The number of hydrogen-bond acceptors (Lipinski definition) is 2. The van der Waals surface area contributed by atoms with Crippen molar-refractivity contribution < 1.29 is 9.18 Å². The third-order valence-electron chi connectivity index (χ3n) is 4.40. The van der Waals surface area contributed by atoms with Gasteiger partial charge >= 0.3 is 6.03 Å². The van der Waals surface area contributed by atoms with Gasteiger partial charge < -0.3 is 15.1 Å². The Bertz CT molecular complexity index is 484. The Hall–Kier alpha value is -1.62. The lowest BCUT2D eigenvalue weighted by Crippen LogP contribution is -2.42. The molecule has 1 aromatic carbocycles. The van der Waals surface area contributed by atoms with Crippen LogP contribution in [0, 0.1) is 11.7 Å². The minimum absolute atomic E-state index is 0.0935. The van der Waals surface area contributed by atoms with Crippen LogP contribution in [0.1, 0.15) is 32.1 Å². The van der Waals surface area contributed by atoms with Crippen molar-refractivity contribution in [1.82, 2.24) is 9.80 Å². The van der Waals surface area contributed by atoms with E-state index in [4.69, 9.17) is 0 Å². The zero-order valence-electron chi connectivity index (χ0n) is 14.2. The lowest BCUT2D eigenvalue weighted by atomic mass is 9.89. The number of benzene rings is 1. The van der Waals surface area contributed by atoms with E-state index in [1.165, 1.54) is 44.2 Å². The first-order valence-electron chi connectivity index (χ1n) is 8.51. The molecule has 1 N–H and O–H groups in total. The number of anilines is 1. The number of halogens is 1. The van der Waals surface area contributed by atoms with Crippen LogP contribution in [0.25, 0.3) is 0 Å². The number of urea groups is 1. The molecule has 0 bridgehead atoms. The molecule has 1 fully saturated rings. The second-order valence-corrected chi connectivity index (χ2v) is 6.69. The third kappa shape index (κ3) is 6.18. The normalized spacial score (nSPS) is 15.7. The molecule has 1 aliphatic rings. The first-order chi connectivity index (χ1) is 11.0. The topological polar surface area (TPSA) is 35.6 Å². The van der Waals surface area contributed by atoms with Crippen LogP contribution >= 0.6 is 0 Å². The van der Waals surface area contributed by atoms with Crippen molar-refractivity contribution in [1.29, 1.82) is 0 Å². The Morgan fingerprint density at radius 3 is 2.39 bits per heavy atom. The molecule has 1 aliphatic carbocycles. The summed E-state index contributed by atoms with van der Waals surface area (Å²) in [6.45, 7) is 2.35. The Labute approximate surface area is 138 Å². The zero-order valence-corrected chi connectivity index (χ0v) is 14.2. The highest BCUT2D eigenvalue weighted by Crippen LogP contribution is 2.24. The van der Waals surface area contributed by atoms with Crippen LogP contribution in [-0.4, -0.2) is 49.6 Å². The van der Waals surface area contributed by atoms with E-state index in [0.29, 0.717) is 18.2 Å². The Morgan fingerprint density at radius 1 is 1.13 bits per heavy atom. The molecule has 0 aliphatic heterocycles. The van der Waals surface area contributed by atoms with Crippen LogP contribution in [-0.2, 0) is 0 Å². The van der Waals surface area contributed by atoms with E-state index in [0.717, 1.165) is 13.1 Å². The number of carbonyl (C=O) groups excluding carboxylic acids is 1. The third-order valence-corrected chi connectivity index (χ3v) is 4.40.